The van der Waals surface area contributed by atoms with Gasteiger partial charge in [-0.1, -0.05) is 36.8 Å². The summed E-state index contributed by atoms with van der Waals surface area (Å²) < 4.78 is 0. The van der Waals surface area contributed by atoms with Crippen LogP contribution in [0.3, 0.4) is 0 Å². The summed E-state index contributed by atoms with van der Waals surface area (Å²) in [6.45, 7) is 9.08. The Hall–Kier alpha value is -1.78. The molecule has 0 radical (unpaired) electrons. The topological polar surface area (TPSA) is 32.3 Å². The van der Waals surface area contributed by atoms with Gasteiger partial charge < -0.3 is 0 Å². The minimum Gasteiger partial charge on any atom is -0.298 e. The first-order chi connectivity index (χ1) is 13.7. The molecule has 2 bridgehead atoms. The number of fused-ring (bicyclic) bond motifs is 2. The molecule has 0 N–H and O–H groups in total. The van der Waals surface area contributed by atoms with Crippen molar-refractivity contribution in [3.05, 3.63) is 59.2 Å². The molecule has 0 amide bonds. The SMILES string of the molecule is CCCc1ncc(CN2C[C@@H](c3ccc(C)cc3)[C@@H]3[C@H]2C2CCN3CC2)cn1. The van der Waals surface area contributed by atoms with Crippen molar-refractivity contribution in [3.63, 3.8) is 0 Å². The van der Waals surface area contributed by atoms with E-state index >= 15 is 0 Å². The lowest BCUT2D eigenvalue weighted by Gasteiger charge is -2.51. The molecule has 2 aromatic rings. The number of likely N-dealkylation sites (tertiary alicyclic amines) is 1. The molecule has 4 nitrogen and oxygen atoms in total. The summed E-state index contributed by atoms with van der Waals surface area (Å²) >= 11 is 0. The summed E-state index contributed by atoms with van der Waals surface area (Å²) in [5.41, 5.74) is 4.13. The molecule has 3 atom stereocenters. The lowest BCUT2D eigenvalue weighted by Crippen LogP contribution is -2.59. The highest BCUT2D eigenvalue weighted by Gasteiger charge is 2.53. The van der Waals surface area contributed by atoms with Gasteiger partial charge in [0.25, 0.3) is 0 Å². The van der Waals surface area contributed by atoms with Crippen molar-refractivity contribution in [1.82, 2.24) is 19.8 Å². The summed E-state index contributed by atoms with van der Waals surface area (Å²) in [6, 6.07) is 10.7. The average molecular weight is 377 g/mol. The highest BCUT2D eigenvalue weighted by molar-refractivity contribution is 5.30. The number of piperidine rings is 3. The van der Waals surface area contributed by atoms with Gasteiger partial charge >= 0.3 is 0 Å². The molecular weight excluding hydrogens is 344 g/mol. The molecule has 0 unspecified atom stereocenters. The first kappa shape index (κ1) is 18.3. The third-order valence-corrected chi connectivity index (χ3v) is 7.22. The summed E-state index contributed by atoms with van der Waals surface area (Å²) in [5.74, 6) is 2.45. The fraction of sp³-hybridized carbons (Fsp3) is 0.583. The Morgan fingerprint density at radius 1 is 1.00 bits per heavy atom. The van der Waals surface area contributed by atoms with Crippen molar-refractivity contribution < 1.29 is 0 Å². The first-order valence-corrected chi connectivity index (χ1v) is 11.1. The maximum atomic E-state index is 4.60. The maximum Gasteiger partial charge on any atom is 0.128 e. The second kappa shape index (κ2) is 7.57. The van der Waals surface area contributed by atoms with Crippen molar-refractivity contribution in [3.8, 4) is 0 Å². The lowest BCUT2D eigenvalue weighted by molar-refractivity contribution is -0.00874. The van der Waals surface area contributed by atoms with Crippen LogP contribution in [0.15, 0.2) is 36.7 Å². The molecule has 5 heterocycles. The fourth-order valence-corrected chi connectivity index (χ4v) is 5.88. The number of hydrogen-bond donors (Lipinski definition) is 0. The minimum absolute atomic E-state index is 0.619. The molecule has 0 spiro atoms. The van der Waals surface area contributed by atoms with E-state index in [9.17, 15) is 0 Å². The number of nitrogens with zero attached hydrogens (tertiary/aromatic N) is 4. The smallest absolute Gasteiger partial charge is 0.128 e. The molecule has 4 heteroatoms. The highest BCUT2D eigenvalue weighted by atomic mass is 15.3. The zero-order valence-corrected chi connectivity index (χ0v) is 17.2. The van der Waals surface area contributed by atoms with Gasteiger partial charge in [0.1, 0.15) is 5.82 Å². The van der Waals surface area contributed by atoms with Gasteiger partial charge in [-0.15, -0.1) is 0 Å². The molecule has 0 saturated carbocycles. The summed E-state index contributed by atoms with van der Waals surface area (Å²) in [6.07, 6.45) is 8.93. The van der Waals surface area contributed by atoms with Crippen LogP contribution in [0.25, 0.3) is 0 Å². The summed E-state index contributed by atoms with van der Waals surface area (Å²) in [7, 11) is 0. The van der Waals surface area contributed by atoms with E-state index in [-0.39, 0.29) is 0 Å². The zero-order valence-electron chi connectivity index (χ0n) is 17.2. The molecular formula is C24H32N4. The summed E-state index contributed by atoms with van der Waals surface area (Å²) in [4.78, 5) is 14.7. The van der Waals surface area contributed by atoms with Crippen molar-refractivity contribution >= 4 is 0 Å². The molecule has 1 aromatic heterocycles. The number of aryl methyl sites for hydroxylation is 2. The van der Waals surface area contributed by atoms with Crippen molar-refractivity contribution in [2.45, 2.75) is 64.1 Å². The van der Waals surface area contributed by atoms with E-state index in [4.69, 9.17) is 0 Å². The van der Waals surface area contributed by atoms with Crippen LogP contribution in [0.5, 0.6) is 0 Å². The van der Waals surface area contributed by atoms with Crippen LogP contribution in [-0.4, -0.2) is 51.5 Å². The Balaban J connectivity index is 1.41. The number of hydrogen-bond acceptors (Lipinski definition) is 4. The lowest BCUT2D eigenvalue weighted by atomic mass is 9.75. The minimum atomic E-state index is 0.619. The number of benzene rings is 1. The van der Waals surface area contributed by atoms with Gasteiger partial charge in [0.05, 0.1) is 0 Å². The second-order valence-corrected chi connectivity index (χ2v) is 9.06. The van der Waals surface area contributed by atoms with Crippen LogP contribution in [0.1, 0.15) is 54.6 Å². The molecule has 4 aliphatic heterocycles. The predicted molar refractivity (Wildman–Crippen MR) is 112 cm³/mol. The fourth-order valence-electron chi connectivity index (χ4n) is 5.88. The molecule has 4 fully saturated rings. The quantitative estimate of drug-likeness (QED) is 0.794. The van der Waals surface area contributed by atoms with E-state index in [0.29, 0.717) is 18.0 Å². The van der Waals surface area contributed by atoms with E-state index < -0.39 is 0 Å². The predicted octanol–water partition coefficient (Wildman–Crippen LogP) is 3.80. The third-order valence-electron chi connectivity index (χ3n) is 7.22. The number of aromatic nitrogens is 2. The Morgan fingerprint density at radius 2 is 1.71 bits per heavy atom. The van der Waals surface area contributed by atoms with Gasteiger partial charge in [0.2, 0.25) is 0 Å². The van der Waals surface area contributed by atoms with Gasteiger partial charge in [0.15, 0.2) is 0 Å². The van der Waals surface area contributed by atoms with Crippen LogP contribution in [0.4, 0.5) is 0 Å². The van der Waals surface area contributed by atoms with Gasteiger partial charge in [-0.05, 0) is 50.8 Å². The van der Waals surface area contributed by atoms with Crippen molar-refractivity contribution in [2.75, 3.05) is 19.6 Å². The van der Waals surface area contributed by atoms with E-state index in [2.05, 4.69) is 70.3 Å². The van der Waals surface area contributed by atoms with Gasteiger partial charge in [-0.25, -0.2) is 9.97 Å². The monoisotopic (exact) mass is 376 g/mol. The maximum absolute atomic E-state index is 4.60. The van der Waals surface area contributed by atoms with Gasteiger partial charge in [0, 0.05) is 55.5 Å². The standard InChI is InChI=1S/C24H32N4/c1-3-4-22-25-13-18(14-26-22)15-28-16-21(19-7-5-17(2)6-8-19)24-23(28)20-9-11-27(24)12-10-20/h5-8,13-14,20-21,23-24H,3-4,9-12,15-16H2,1-2H3/t21-,23+,24+/m0/s1. The van der Waals surface area contributed by atoms with Gasteiger partial charge in [-0.3, -0.25) is 9.80 Å². The second-order valence-electron chi connectivity index (χ2n) is 9.06. The molecule has 28 heavy (non-hydrogen) atoms. The Bertz CT molecular complexity index is 792. The van der Waals surface area contributed by atoms with Crippen molar-refractivity contribution in [2.24, 2.45) is 5.92 Å². The zero-order chi connectivity index (χ0) is 19.1. The Morgan fingerprint density at radius 3 is 2.39 bits per heavy atom. The van der Waals surface area contributed by atoms with E-state index in [1.807, 2.05) is 0 Å². The molecule has 6 rings (SSSR count). The third kappa shape index (κ3) is 3.27. The van der Waals surface area contributed by atoms with Crippen LogP contribution < -0.4 is 0 Å². The first-order valence-electron chi connectivity index (χ1n) is 11.1. The summed E-state index contributed by atoms with van der Waals surface area (Å²) in [5, 5.41) is 0. The van der Waals surface area contributed by atoms with Crippen LogP contribution in [0, 0.1) is 12.8 Å². The largest absolute Gasteiger partial charge is 0.298 e. The Kier molecular flexibility index (Phi) is 4.93. The van der Waals surface area contributed by atoms with Gasteiger partial charge in [-0.2, -0.15) is 0 Å². The molecule has 0 aliphatic carbocycles. The molecule has 4 saturated heterocycles. The molecule has 4 aliphatic rings. The van der Waals surface area contributed by atoms with Crippen molar-refractivity contribution in [1.29, 1.82) is 0 Å². The highest BCUT2D eigenvalue weighted by Crippen LogP contribution is 2.46. The Labute approximate surface area is 169 Å². The number of rotatable bonds is 5. The van der Waals surface area contributed by atoms with E-state index in [1.165, 1.54) is 42.6 Å². The van der Waals surface area contributed by atoms with E-state index in [1.54, 1.807) is 0 Å². The van der Waals surface area contributed by atoms with Crippen LogP contribution >= 0.6 is 0 Å². The van der Waals surface area contributed by atoms with Crippen LogP contribution in [-0.2, 0) is 13.0 Å². The molecule has 1 aromatic carbocycles. The van der Waals surface area contributed by atoms with E-state index in [0.717, 1.165) is 37.7 Å². The van der Waals surface area contributed by atoms with Crippen LogP contribution in [0.2, 0.25) is 0 Å². The average Bonchev–Trinajstić information content (AvgIpc) is 3.13. The molecule has 148 valence electrons. The normalized spacial score (nSPS) is 31.9.